The molecule has 0 heterocycles. The largest absolute Gasteiger partial charge is 0.469 e. The van der Waals surface area contributed by atoms with Crippen LogP contribution in [0.2, 0.25) is 0 Å². The van der Waals surface area contributed by atoms with Gasteiger partial charge in [-0.05, 0) is 60.4 Å². The second kappa shape index (κ2) is 13.8. The summed E-state index contributed by atoms with van der Waals surface area (Å²) >= 11 is 0. The molecule has 0 radical (unpaired) electrons. The standard InChI is InChI=1S/C26H36O4/c1-29-25(27)17-9-5-3-7-13-21-19-20-22(24-16-12-11-15-23(21)24)14-8-4-6-10-18-26(28)30-2/h11-12,15-16,19-20H,3-10,13-14,17-18H2,1-2H3. The minimum Gasteiger partial charge on any atom is -0.469 e. The summed E-state index contributed by atoms with van der Waals surface area (Å²) in [5.74, 6) is -0.222. The van der Waals surface area contributed by atoms with Crippen LogP contribution in [0.5, 0.6) is 0 Å². The Labute approximate surface area is 181 Å². The molecule has 4 nitrogen and oxygen atoms in total. The molecule has 30 heavy (non-hydrogen) atoms. The molecule has 0 saturated heterocycles. The summed E-state index contributed by atoms with van der Waals surface area (Å²) in [6.07, 6.45) is 11.7. The number of unbranched alkanes of at least 4 members (excludes halogenated alkanes) is 6. The third-order valence-corrected chi connectivity index (χ3v) is 5.71. The fourth-order valence-corrected chi connectivity index (χ4v) is 3.94. The summed E-state index contributed by atoms with van der Waals surface area (Å²) in [7, 11) is 2.89. The van der Waals surface area contributed by atoms with E-state index in [0.29, 0.717) is 12.8 Å². The third-order valence-electron chi connectivity index (χ3n) is 5.71. The maximum atomic E-state index is 11.2. The third kappa shape index (κ3) is 8.17. The van der Waals surface area contributed by atoms with Crippen LogP contribution in [-0.4, -0.2) is 26.2 Å². The highest BCUT2D eigenvalue weighted by atomic mass is 16.5. The van der Waals surface area contributed by atoms with Crippen LogP contribution in [0.15, 0.2) is 36.4 Å². The van der Waals surface area contributed by atoms with Gasteiger partial charge < -0.3 is 9.47 Å². The van der Waals surface area contributed by atoms with Gasteiger partial charge in [0.05, 0.1) is 14.2 Å². The topological polar surface area (TPSA) is 52.6 Å². The number of hydrogen-bond acceptors (Lipinski definition) is 4. The van der Waals surface area contributed by atoms with Gasteiger partial charge in [-0.3, -0.25) is 9.59 Å². The summed E-state index contributed by atoms with van der Waals surface area (Å²) in [5.41, 5.74) is 2.83. The van der Waals surface area contributed by atoms with Gasteiger partial charge in [0.15, 0.2) is 0 Å². The smallest absolute Gasteiger partial charge is 0.305 e. The van der Waals surface area contributed by atoms with E-state index in [1.54, 1.807) is 0 Å². The number of benzene rings is 2. The lowest BCUT2D eigenvalue weighted by Crippen LogP contribution is -1.99. The summed E-state index contributed by atoms with van der Waals surface area (Å²) in [6, 6.07) is 13.3. The van der Waals surface area contributed by atoms with Crippen molar-refractivity contribution >= 4 is 22.7 Å². The minimum atomic E-state index is -0.111. The Hall–Kier alpha value is -2.36. The zero-order valence-electron chi connectivity index (χ0n) is 18.6. The Balaban J connectivity index is 1.81. The second-order valence-corrected chi connectivity index (χ2v) is 7.91. The molecule has 0 fully saturated rings. The number of methoxy groups -OCH3 is 2. The van der Waals surface area contributed by atoms with Crippen molar-refractivity contribution in [2.75, 3.05) is 14.2 Å². The molecule has 0 atom stereocenters. The van der Waals surface area contributed by atoms with Crippen LogP contribution in [0, 0.1) is 0 Å². The average molecular weight is 413 g/mol. The number of aryl methyl sites for hydroxylation is 2. The fraction of sp³-hybridized carbons (Fsp3) is 0.538. The maximum absolute atomic E-state index is 11.2. The zero-order chi connectivity index (χ0) is 21.6. The van der Waals surface area contributed by atoms with E-state index in [1.165, 1.54) is 36.1 Å². The van der Waals surface area contributed by atoms with Crippen LogP contribution in [-0.2, 0) is 31.9 Å². The van der Waals surface area contributed by atoms with Gasteiger partial charge in [0, 0.05) is 12.8 Å². The number of esters is 2. The molecule has 0 N–H and O–H groups in total. The van der Waals surface area contributed by atoms with Crippen molar-refractivity contribution in [2.45, 2.75) is 77.0 Å². The number of ether oxygens (including phenoxy) is 2. The molecule has 0 unspecified atom stereocenters. The number of fused-ring (bicyclic) bond motifs is 1. The molecule has 2 rings (SSSR count). The molecular weight excluding hydrogens is 376 g/mol. The minimum absolute atomic E-state index is 0.111. The lowest BCUT2D eigenvalue weighted by Gasteiger charge is -2.12. The van der Waals surface area contributed by atoms with E-state index in [2.05, 4.69) is 45.9 Å². The van der Waals surface area contributed by atoms with Crippen molar-refractivity contribution in [3.63, 3.8) is 0 Å². The Morgan fingerprint density at radius 1 is 0.600 bits per heavy atom. The van der Waals surface area contributed by atoms with E-state index in [4.69, 9.17) is 0 Å². The van der Waals surface area contributed by atoms with Crippen LogP contribution in [0.4, 0.5) is 0 Å². The molecule has 0 spiro atoms. The van der Waals surface area contributed by atoms with Gasteiger partial charge in [0.1, 0.15) is 0 Å². The van der Waals surface area contributed by atoms with Gasteiger partial charge in [-0.2, -0.15) is 0 Å². The van der Waals surface area contributed by atoms with Crippen molar-refractivity contribution in [1.82, 2.24) is 0 Å². The van der Waals surface area contributed by atoms with Crippen molar-refractivity contribution in [3.05, 3.63) is 47.5 Å². The molecule has 0 aliphatic heterocycles. The predicted molar refractivity (Wildman–Crippen MR) is 122 cm³/mol. The van der Waals surface area contributed by atoms with Crippen LogP contribution in [0.25, 0.3) is 10.8 Å². The van der Waals surface area contributed by atoms with E-state index in [0.717, 1.165) is 64.2 Å². The number of carbonyl (C=O) groups excluding carboxylic acids is 2. The van der Waals surface area contributed by atoms with Crippen molar-refractivity contribution < 1.29 is 19.1 Å². The molecule has 2 aromatic carbocycles. The normalized spacial score (nSPS) is 10.9. The van der Waals surface area contributed by atoms with E-state index in [-0.39, 0.29) is 11.9 Å². The van der Waals surface area contributed by atoms with Gasteiger partial charge in [0.25, 0.3) is 0 Å². The van der Waals surface area contributed by atoms with E-state index < -0.39 is 0 Å². The first kappa shape index (κ1) is 23.9. The van der Waals surface area contributed by atoms with E-state index in [1.807, 2.05) is 0 Å². The molecule has 164 valence electrons. The average Bonchev–Trinajstić information content (AvgIpc) is 2.78. The van der Waals surface area contributed by atoms with Gasteiger partial charge in [0.2, 0.25) is 0 Å². The molecule has 4 heteroatoms. The lowest BCUT2D eigenvalue weighted by atomic mass is 9.93. The fourth-order valence-electron chi connectivity index (χ4n) is 3.94. The second-order valence-electron chi connectivity index (χ2n) is 7.91. The first-order chi connectivity index (χ1) is 14.7. The summed E-state index contributed by atoms with van der Waals surface area (Å²) in [4.78, 5) is 22.3. The number of carbonyl (C=O) groups is 2. The zero-order valence-corrected chi connectivity index (χ0v) is 18.6. The summed E-state index contributed by atoms with van der Waals surface area (Å²) in [5, 5.41) is 2.74. The first-order valence-electron chi connectivity index (χ1n) is 11.3. The van der Waals surface area contributed by atoms with Gasteiger partial charge >= 0.3 is 11.9 Å². The molecule has 0 aliphatic carbocycles. The molecule has 0 saturated carbocycles. The molecule has 0 aromatic heterocycles. The molecule has 0 bridgehead atoms. The number of hydrogen-bond donors (Lipinski definition) is 0. The van der Waals surface area contributed by atoms with Gasteiger partial charge in [-0.1, -0.05) is 62.1 Å². The Morgan fingerprint density at radius 2 is 1.00 bits per heavy atom. The quantitative estimate of drug-likeness (QED) is 0.275. The van der Waals surface area contributed by atoms with Crippen LogP contribution >= 0.6 is 0 Å². The van der Waals surface area contributed by atoms with Crippen LogP contribution in [0.1, 0.15) is 75.3 Å². The van der Waals surface area contributed by atoms with Gasteiger partial charge in [-0.15, -0.1) is 0 Å². The highest BCUT2D eigenvalue weighted by molar-refractivity contribution is 5.88. The molecule has 0 amide bonds. The number of rotatable bonds is 14. The summed E-state index contributed by atoms with van der Waals surface area (Å²) < 4.78 is 9.38. The highest BCUT2D eigenvalue weighted by Gasteiger charge is 2.07. The summed E-state index contributed by atoms with van der Waals surface area (Å²) in [6.45, 7) is 0. The van der Waals surface area contributed by atoms with Crippen LogP contribution in [0.3, 0.4) is 0 Å². The predicted octanol–water partition coefficient (Wildman–Crippen LogP) is 6.17. The SMILES string of the molecule is COC(=O)CCCCCCc1ccc(CCCCCCC(=O)OC)c2ccccc12. The molecule has 2 aromatic rings. The Kier molecular flexibility index (Phi) is 11.0. The van der Waals surface area contributed by atoms with E-state index in [9.17, 15) is 9.59 Å². The van der Waals surface area contributed by atoms with Crippen LogP contribution < -0.4 is 0 Å². The Morgan fingerprint density at radius 3 is 1.40 bits per heavy atom. The molecule has 0 aliphatic rings. The van der Waals surface area contributed by atoms with E-state index >= 15 is 0 Å². The highest BCUT2D eigenvalue weighted by Crippen LogP contribution is 2.26. The van der Waals surface area contributed by atoms with Gasteiger partial charge in [-0.25, -0.2) is 0 Å². The monoisotopic (exact) mass is 412 g/mol. The van der Waals surface area contributed by atoms with Crippen molar-refractivity contribution in [2.24, 2.45) is 0 Å². The lowest BCUT2D eigenvalue weighted by molar-refractivity contribution is -0.141. The van der Waals surface area contributed by atoms with Crippen molar-refractivity contribution in [1.29, 1.82) is 0 Å². The Bertz CT molecular complexity index is 730. The molecular formula is C26H36O4. The first-order valence-corrected chi connectivity index (χ1v) is 11.3. The van der Waals surface area contributed by atoms with Crippen molar-refractivity contribution in [3.8, 4) is 0 Å². The maximum Gasteiger partial charge on any atom is 0.305 e.